The molecular weight excluding hydrogens is 204 g/mol. The smallest absolute Gasteiger partial charge is 0.260 e. The minimum absolute atomic E-state index is 0.146. The number of ether oxygens (including phenoxy) is 1. The van der Waals surface area contributed by atoms with Crippen molar-refractivity contribution in [3.63, 3.8) is 0 Å². The quantitative estimate of drug-likeness (QED) is 0.829. The Morgan fingerprint density at radius 3 is 2.67 bits per heavy atom. The van der Waals surface area contributed by atoms with Gasteiger partial charge in [-0.25, -0.2) is 8.78 Å². The van der Waals surface area contributed by atoms with Crippen LogP contribution in [0.5, 0.6) is 5.75 Å². The SMILES string of the molecule is CNC(=O)C(C)Oc1ccc(F)cc1F. The molecule has 0 aromatic heterocycles. The fourth-order valence-electron chi connectivity index (χ4n) is 1.02. The summed E-state index contributed by atoms with van der Waals surface area (Å²) in [4.78, 5) is 11.1. The molecule has 1 amide bonds. The van der Waals surface area contributed by atoms with Crippen LogP contribution >= 0.6 is 0 Å². The molecule has 0 bridgehead atoms. The van der Waals surface area contributed by atoms with E-state index in [1.165, 1.54) is 14.0 Å². The molecule has 1 N–H and O–H groups in total. The summed E-state index contributed by atoms with van der Waals surface area (Å²) in [7, 11) is 1.45. The van der Waals surface area contributed by atoms with Crippen molar-refractivity contribution in [2.45, 2.75) is 13.0 Å². The van der Waals surface area contributed by atoms with Crippen LogP contribution in [0.3, 0.4) is 0 Å². The zero-order chi connectivity index (χ0) is 11.4. The number of amides is 1. The highest BCUT2D eigenvalue weighted by atomic mass is 19.1. The third kappa shape index (κ3) is 2.90. The van der Waals surface area contributed by atoms with Gasteiger partial charge in [0.2, 0.25) is 0 Å². The number of nitrogens with one attached hydrogen (secondary N) is 1. The van der Waals surface area contributed by atoms with E-state index in [0.29, 0.717) is 6.07 Å². The normalized spacial score (nSPS) is 12.0. The van der Waals surface area contributed by atoms with Crippen LogP contribution < -0.4 is 10.1 Å². The molecule has 82 valence electrons. The molecule has 0 aliphatic rings. The van der Waals surface area contributed by atoms with Crippen LogP contribution in [0.25, 0.3) is 0 Å². The van der Waals surface area contributed by atoms with Gasteiger partial charge in [-0.15, -0.1) is 0 Å². The average molecular weight is 215 g/mol. The second-order valence-electron chi connectivity index (χ2n) is 2.95. The molecule has 0 aliphatic carbocycles. The van der Waals surface area contributed by atoms with Gasteiger partial charge in [0.1, 0.15) is 5.82 Å². The van der Waals surface area contributed by atoms with Crippen LogP contribution in [-0.2, 0) is 4.79 Å². The van der Waals surface area contributed by atoms with E-state index in [-0.39, 0.29) is 11.7 Å². The lowest BCUT2D eigenvalue weighted by Crippen LogP contribution is -2.33. The molecule has 0 saturated heterocycles. The average Bonchev–Trinajstić information content (AvgIpc) is 2.20. The van der Waals surface area contributed by atoms with E-state index in [0.717, 1.165) is 12.1 Å². The monoisotopic (exact) mass is 215 g/mol. The Kier molecular flexibility index (Phi) is 3.60. The molecule has 1 aromatic rings. The molecular formula is C10H11F2NO2. The van der Waals surface area contributed by atoms with Gasteiger partial charge in [-0.1, -0.05) is 0 Å². The third-order valence-corrected chi connectivity index (χ3v) is 1.81. The Labute approximate surface area is 86.0 Å². The van der Waals surface area contributed by atoms with Crippen LogP contribution in [0.2, 0.25) is 0 Å². The summed E-state index contributed by atoms with van der Waals surface area (Å²) in [6.45, 7) is 1.47. The van der Waals surface area contributed by atoms with Gasteiger partial charge in [0.05, 0.1) is 0 Å². The number of carbonyl (C=O) groups excluding carboxylic acids is 1. The van der Waals surface area contributed by atoms with Crippen LogP contribution in [0, 0.1) is 11.6 Å². The molecule has 1 rings (SSSR count). The van der Waals surface area contributed by atoms with Crippen molar-refractivity contribution in [3.8, 4) is 5.75 Å². The van der Waals surface area contributed by atoms with Crippen LogP contribution in [0.15, 0.2) is 18.2 Å². The largest absolute Gasteiger partial charge is 0.478 e. The second kappa shape index (κ2) is 4.72. The van der Waals surface area contributed by atoms with Gasteiger partial charge in [-0.05, 0) is 19.1 Å². The Morgan fingerprint density at radius 2 is 2.13 bits per heavy atom. The molecule has 1 unspecified atom stereocenters. The highest BCUT2D eigenvalue weighted by Crippen LogP contribution is 2.18. The predicted molar refractivity (Wildman–Crippen MR) is 50.5 cm³/mol. The highest BCUT2D eigenvalue weighted by Gasteiger charge is 2.15. The number of hydrogen-bond acceptors (Lipinski definition) is 2. The molecule has 0 fully saturated rings. The Hall–Kier alpha value is -1.65. The zero-order valence-corrected chi connectivity index (χ0v) is 8.38. The fourth-order valence-corrected chi connectivity index (χ4v) is 1.02. The summed E-state index contributed by atoms with van der Waals surface area (Å²) >= 11 is 0. The van der Waals surface area contributed by atoms with Gasteiger partial charge < -0.3 is 10.1 Å². The molecule has 5 heteroatoms. The van der Waals surface area contributed by atoms with Gasteiger partial charge in [0.15, 0.2) is 17.7 Å². The third-order valence-electron chi connectivity index (χ3n) is 1.81. The zero-order valence-electron chi connectivity index (χ0n) is 8.38. The van der Waals surface area contributed by atoms with Crippen LogP contribution in [0.1, 0.15) is 6.92 Å². The molecule has 0 spiro atoms. The summed E-state index contributed by atoms with van der Waals surface area (Å²) < 4.78 is 30.6. The molecule has 1 aromatic carbocycles. The van der Waals surface area contributed by atoms with Crippen molar-refractivity contribution in [3.05, 3.63) is 29.8 Å². The number of hydrogen-bond donors (Lipinski definition) is 1. The highest BCUT2D eigenvalue weighted by molar-refractivity contribution is 5.80. The summed E-state index contributed by atoms with van der Waals surface area (Å²) in [5, 5.41) is 2.36. The van der Waals surface area contributed by atoms with Crippen molar-refractivity contribution in [1.29, 1.82) is 0 Å². The predicted octanol–water partition coefficient (Wildman–Crippen LogP) is 1.48. The van der Waals surface area contributed by atoms with Crippen molar-refractivity contribution >= 4 is 5.91 Å². The van der Waals surface area contributed by atoms with E-state index >= 15 is 0 Å². The Morgan fingerprint density at radius 1 is 1.47 bits per heavy atom. The van der Waals surface area contributed by atoms with E-state index in [1.807, 2.05) is 0 Å². The summed E-state index contributed by atoms with van der Waals surface area (Å²) in [5.74, 6) is -2.04. The summed E-state index contributed by atoms with van der Waals surface area (Å²) in [5.41, 5.74) is 0. The fraction of sp³-hybridized carbons (Fsp3) is 0.300. The maximum absolute atomic E-state index is 13.1. The van der Waals surface area contributed by atoms with Gasteiger partial charge in [-0.3, -0.25) is 4.79 Å². The molecule has 0 aliphatic heterocycles. The van der Waals surface area contributed by atoms with E-state index in [1.54, 1.807) is 0 Å². The van der Waals surface area contributed by atoms with Crippen LogP contribution in [-0.4, -0.2) is 19.1 Å². The van der Waals surface area contributed by atoms with E-state index in [9.17, 15) is 13.6 Å². The first kappa shape index (κ1) is 11.4. The van der Waals surface area contributed by atoms with Crippen molar-refractivity contribution < 1.29 is 18.3 Å². The first-order chi connectivity index (χ1) is 7.04. The minimum atomic E-state index is -0.828. The molecule has 0 saturated carbocycles. The van der Waals surface area contributed by atoms with E-state index in [2.05, 4.69) is 5.32 Å². The maximum atomic E-state index is 13.1. The number of carbonyl (C=O) groups is 1. The van der Waals surface area contributed by atoms with Crippen molar-refractivity contribution in [2.75, 3.05) is 7.05 Å². The second-order valence-corrected chi connectivity index (χ2v) is 2.95. The van der Waals surface area contributed by atoms with Gasteiger partial charge in [0.25, 0.3) is 5.91 Å². The molecule has 0 radical (unpaired) electrons. The summed E-state index contributed by atoms with van der Waals surface area (Å²) in [6.07, 6.45) is -0.824. The number of benzene rings is 1. The summed E-state index contributed by atoms with van der Waals surface area (Å²) in [6, 6.07) is 2.91. The number of likely N-dealkylation sites (N-methyl/N-ethyl adjacent to an activating group) is 1. The number of halogens is 2. The Bertz CT molecular complexity index is 368. The molecule has 0 heterocycles. The molecule has 15 heavy (non-hydrogen) atoms. The van der Waals surface area contributed by atoms with Crippen molar-refractivity contribution in [1.82, 2.24) is 5.32 Å². The standard InChI is InChI=1S/C10H11F2NO2/c1-6(10(14)13-2)15-9-4-3-7(11)5-8(9)12/h3-6H,1-2H3,(H,13,14). The number of rotatable bonds is 3. The van der Waals surface area contributed by atoms with Gasteiger partial charge >= 0.3 is 0 Å². The van der Waals surface area contributed by atoms with E-state index in [4.69, 9.17) is 4.74 Å². The Balaban J connectivity index is 2.76. The lowest BCUT2D eigenvalue weighted by Gasteiger charge is -2.13. The molecule has 3 nitrogen and oxygen atoms in total. The van der Waals surface area contributed by atoms with Crippen molar-refractivity contribution in [2.24, 2.45) is 0 Å². The minimum Gasteiger partial charge on any atom is -0.478 e. The van der Waals surface area contributed by atoms with Crippen LogP contribution in [0.4, 0.5) is 8.78 Å². The van der Waals surface area contributed by atoms with Gasteiger partial charge in [-0.2, -0.15) is 0 Å². The molecule has 1 atom stereocenters. The first-order valence-corrected chi connectivity index (χ1v) is 4.38. The van der Waals surface area contributed by atoms with E-state index < -0.39 is 17.7 Å². The lowest BCUT2D eigenvalue weighted by molar-refractivity contribution is -0.126. The maximum Gasteiger partial charge on any atom is 0.260 e. The first-order valence-electron chi connectivity index (χ1n) is 4.38. The topological polar surface area (TPSA) is 38.3 Å². The lowest BCUT2D eigenvalue weighted by atomic mass is 10.3. The van der Waals surface area contributed by atoms with Gasteiger partial charge in [0, 0.05) is 13.1 Å².